The van der Waals surface area contributed by atoms with E-state index in [0.29, 0.717) is 45.2 Å². The third-order valence-corrected chi connectivity index (χ3v) is 11.9. The van der Waals surface area contributed by atoms with E-state index in [1.165, 1.54) is 12.7 Å². The van der Waals surface area contributed by atoms with Gasteiger partial charge in [-0.15, -0.1) is 12.1 Å². The minimum Gasteiger partial charge on any atom is -0.491 e. The minimum absolute atomic E-state index is 0. The van der Waals surface area contributed by atoms with Gasteiger partial charge in [-0.2, -0.15) is 0 Å². The number of nitrogens with two attached hydrogens (primary N) is 2. The second kappa shape index (κ2) is 23.2. The van der Waals surface area contributed by atoms with Crippen LogP contribution in [0.5, 0.6) is 11.5 Å². The van der Waals surface area contributed by atoms with Crippen LogP contribution in [-0.2, 0) is 9.47 Å². The molecule has 10 rings (SSSR count). The standard InChI is InChI=1S/C23H23N5O4.C20H18BrN5O4.C3H5BF3.CH4.K/c1-12(2)14-7-13-3-4-15(8-17(13)25-9-14)31-10-18-19(29)20(30)23(32-18)28-6-5-16-21(24)26-11-27-22(16)28;21-11-5-10-1-2-12(6-14(10)23-7-11)29-8-15-16(27)17(28)20(30-15)26-4-3-13-18(22)24-9-25-19(13)26;1-3(2)4(5,6)7;;/h3-9,11,18-20,23,29-30H,1,10H2,2H3,(H2,24,26,27);1-7,9,15-17,20,27-28H,8H2,(H2,22,24,25);1H2,2H3;1H4;/q;;-1;;+1/t18-,19-,20-,23-;15-,16-,17-,20-;;;/m11.../s1. The van der Waals surface area contributed by atoms with Crippen molar-refractivity contribution >= 4 is 84.0 Å². The van der Waals surface area contributed by atoms with E-state index < -0.39 is 61.5 Å². The quantitative estimate of drug-likeness (QED) is 0.106. The number of nitrogen functional groups attached to an aromatic ring is 2. The number of fused-ring (bicyclic) bond motifs is 4. The van der Waals surface area contributed by atoms with E-state index in [1.54, 1.807) is 46.1 Å². The summed E-state index contributed by atoms with van der Waals surface area (Å²) in [6, 6.07) is 18.6. The van der Waals surface area contributed by atoms with Crippen molar-refractivity contribution in [1.82, 2.24) is 39.0 Å². The van der Waals surface area contributed by atoms with Crippen molar-refractivity contribution in [2.75, 3.05) is 24.7 Å². The molecule has 0 saturated carbocycles. The predicted molar refractivity (Wildman–Crippen MR) is 263 cm³/mol. The topological polar surface area (TPSA) is 257 Å². The van der Waals surface area contributed by atoms with Gasteiger partial charge in [0.25, 0.3) is 0 Å². The summed E-state index contributed by atoms with van der Waals surface area (Å²) in [4.78, 5) is 25.2. The summed E-state index contributed by atoms with van der Waals surface area (Å²) in [6.07, 6.45) is 1.91. The summed E-state index contributed by atoms with van der Waals surface area (Å²) < 4.78 is 61.1. The molecule has 71 heavy (non-hydrogen) atoms. The maximum Gasteiger partial charge on any atom is 1.00 e. The molecular weight excluding hydrogens is 1020 g/mol. The molecule has 368 valence electrons. The third kappa shape index (κ3) is 12.2. The van der Waals surface area contributed by atoms with Gasteiger partial charge < -0.3 is 72.9 Å². The van der Waals surface area contributed by atoms with E-state index in [4.69, 9.17) is 30.4 Å². The normalized spacial score (nSPS) is 21.7. The summed E-state index contributed by atoms with van der Waals surface area (Å²) in [6.45, 7) is 4.94. The van der Waals surface area contributed by atoms with Gasteiger partial charge in [0, 0.05) is 52.2 Å². The maximum absolute atomic E-state index is 11.1. The Hall–Kier alpha value is -5.09. The van der Waals surface area contributed by atoms with Crippen molar-refractivity contribution in [3.8, 4) is 11.5 Å². The fourth-order valence-corrected chi connectivity index (χ4v) is 7.88. The van der Waals surface area contributed by atoms with E-state index in [2.05, 4.69) is 59.0 Å². The van der Waals surface area contributed by atoms with Crippen LogP contribution in [0.1, 0.15) is 39.3 Å². The second-order valence-electron chi connectivity index (χ2n) is 16.4. The van der Waals surface area contributed by atoms with Crippen LogP contribution >= 0.6 is 15.9 Å². The fraction of sp³-hybridized carbons (Fsp3) is 0.277. The van der Waals surface area contributed by atoms with Crippen molar-refractivity contribution in [2.45, 2.75) is 70.4 Å². The van der Waals surface area contributed by atoms with E-state index in [1.807, 2.05) is 55.5 Å². The largest absolute Gasteiger partial charge is 1.00 e. The Kier molecular flexibility index (Phi) is 18.0. The molecule has 0 radical (unpaired) electrons. The predicted octanol–water partition coefficient (Wildman–Crippen LogP) is 3.90. The Morgan fingerprint density at radius 3 is 1.55 bits per heavy atom. The first-order valence-corrected chi connectivity index (χ1v) is 22.1. The Balaban J connectivity index is 0.000000200. The number of ether oxygens (including phenoxy) is 4. The van der Waals surface area contributed by atoms with Crippen molar-refractivity contribution in [3.63, 3.8) is 0 Å². The molecule has 8 N–H and O–H groups in total. The first-order chi connectivity index (χ1) is 32.9. The summed E-state index contributed by atoms with van der Waals surface area (Å²) in [5.74, 6) is 1.86. The zero-order valence-corrected chi connectivity index (χ0v) is 42.6. The van der Waals surface area contributed by atoms with Crippen molar-refractivity contribution in [3.05, 3.63) is 127 Å². The molecule has 8 aromatic rings. The van der Waals surface area contributed by atoms with Crippen molar-refractivity contribution in [2.24, 2.45) is 0 Å². The number of halogens is 4. The minimum atomic E-state index is -4.75. The first kappa shape index (κ1) is 55.2. The molecule has 0 aliphatic carbocycles. The van der Waals surface area contributed by atoms with Gasteiger partial charge in [-0.3, -0.25) is 9.97 Å². The van der Waals surface area contributed by atoms with Gasteiger partial charge in [0.1, 0.15) is 96.9 Å². The molecule has 0 unspecified atom stereocenters. The molecule has 0 amide bonds. The molecule has 0 bridgehead atoms. The number of allylic oxidation sites excluding steroid dienone is 2. The van der Waals surface area contributed by atoms with Gasteiger partial charge in [0.15, 0.2) is 12.5 Å². The van der Waals surface area contributed by atoms with Gasteiger partial charge in [-0.1, -0.05) is 20.9 Å². The fourth-order valence-electron chi connectivity index (χ4n) is 7.53. The first-order valence-electron chi connectivity index (χ1n) is 21.3. The van der Waals surface area contributed by atoms with Crippen LogP contribution in [0.15, 0.2) is 121 Å². The number of aromatic nitrogens is 8. The van der Waals surface area contributed by atoms with Gasteiger partial charge in [0.2, 0.25) is 0 Å². The van der Waals surface area contributed by atoms with Crippen molar-refractivity contribution < 1.29 is 104 Å². The number of benzene rings is 2. The van der Waals surface area contributed by atoms with Gasteiger partial charge >= 0.3 is 58.4 Å². The zero-order chi connectivity index (χ0) is 49.3. The number of nitrogens with zero attached hydrogens (tertiary/aromatic N) is 8. The average molecular weight is 1070 g/mol. The second-order valence-corrected chi connectivity index (χ2v) is 17.4. The molecule has 2 aliphatic heterocycles. The van der Waals surface area contributed by atoms with Crippen LogP contribution < -0.4 is 72.3 Å². The number of anilines is 2. The van der Waals surface area contributed by atoms with Gasteiger partial charge in [-0.05, 0) is 82.5 Å². The Labute approximate surface area is 456 Å². The summed E-state index contributed by atoms with van der Waals surface area (Å²) >= 11 is 3.40. The van der Waals surface area contributed by atoms with Crippen LogP contribution in [0, 0.1) is 0 Å². The van der Waals surface area contributed by atoms with Crippen LogP contribution in [0.4, 0.5) is 24.6 Å². The summed E-state index contributed by atoms with van der Waals surface area (Å²) in [7, 11) is 0. The molecule has 2 aliphatic rings. The molecule has 2 aromatic carbocycles. The van der Waals surface area contributed by atoms with E-state index >= 15 is 0 Å². The summed E-state index contributed by atoms with van der Waals surface area (Å²) in [5, 5.41) is 45.4. The van der Waals surface area contributed by atoms with E-state index in [-0.39, 0.29) is 72.0 Å². The van der Waals surface area contributed by atoms with Crippen LogP contribution in [0.2, 0.25) is 0 Å². The number of aliphatic hydroxyl groups excluding tert-OH is 4. The van der Waals surface area contributed by atoms with E-state index in [9.17, 15) is 33.4 Å². The Morgan fingerprint density at radius 1 is 0.676 bits per heavy atom. The molecule has 2 fully saturated rings. The summed E-state index contributed by atoms with van der Waals surface area (Å²) in [5.41, 5.74) is 15.6. The molecule has 8 heterocycles. The number of aliphatic hydroxyl groups is 4. The Bertz CT molecular complexity index is 3190. The van der Waals surface area contributed by atoms with Crippen LogP contribution in [-0.4, -0.2) is 116 Å². The Morgan fingerprint density at radius 2 is 1.11 bits per heavy atom. The number of hydrogen-bond donors (Lipinski definition) is 6. The smallest absolute Gasteiger partial charge is 0.491 e. The molecule has 6 aromatic heterocycles. The van der Waals surface area contributed by atoms with Crippen molar-refractivity contribution in [1.29, 1.82) is 0 Å². The zero-order valence-electron chi connectivity index (χ0n) is 37.9. The number of pyridine rings is 2. The molecular formula is C47H50BBrF3KN10O8. The van der Waals surface area contributed by atoms with Gasteiger partial charge in [-0.25, -0.2) is 19.9 Å². The van der Waals surface area contributed by atoms with Crippen LogP contribution in [0.25, 0.3) is 49.4 Å². The molecule has 8 atom stereocenters. The maximum atomic E-state index is 11.1. The third-order valence-electron chi connectivity index (χ3n) is 11.5. The monoisotopic (exact) mass is 1070 g/mol. The van der Waals surface area contributed by atoms with Crippen LogP contribution in [0.3, 0.4) is 0 Å². The SMILES string of the molecule is C.C=C(C)[B-](F)(F)F.C=C(C)c1cnc2cc(OC[C@H]3O[C@@H](n4ccc5c(N)ncnc54)[C@H](O)[C@@H]3O)ccc2c1.Nc1ncnc2c1ccn2[C@@H]1O[C@H](COc2ccc3cc(Br)cnc3c2)[C@@H](O)[C@H]1O.[K+]. The number of rotatable bonds is 10. The average Bonchev–Trinajstić information content (AvgIpc) is 4.09. The van der Waals surface area contributed by atoms with E-state index in [0.717, 1.165) is 44.3 Å². The molecule has 24 heteroatoms. The van der Waals surface area contributed by atoms with Gasteiger partial charge in [0.05, 0.1) is 21.8 Å². The molecule has 18 nitrogen and oxygen atoms in total. The number of hydrogen-bond acceptors (Lipinski definition) is 16. The molecule has 2 saturated heterocycles. The molecule has 0 spiro atoms.